The summed E-state index contributed by atoms with van der Waals surface area (Å²) in [5.41, 5.74) is 1.12. The van der Waals surface area contributed by atoms with Crippen LogP contribution in [-0.4, -0.2) is 51.7 Å². The molecule has 2 aromatic rings. The predicted octanol–water partition coefficient (Wildman–Crippen LogP) is 3.43. The number of thiophene rings is 1. The molecule has 7 nitrogen and oxygen atoms in total. The molecule has 3 heterocycles. The van der Waals surface area contributed by atoms with Crippen molar-refractivity contribution in [3.05, 3.63) is 26.6 Å². The third kappa shape index (κ3) is 3.98. The van der Waals surface area contributed by atoms with Crippen molar-refractivity contribution in [3.63, 3.8) is 0 Å². The van der Waals surface area contributed by atoms with Crippen molar-refractivity contribution >= 4 is 45.2 Å². The maximum atomic E-state index is 13.1. The first-order chi connectivity index (χ1) is 15.6. The SMILES string of the molecule is COC(=O)C1CC2CCCCC2N1C(=O)CSCc1nc2sc3c(c2c(=O)[nH]1)CCCC3. The lowest BCUT2D eigenvalue weighted by Crippen LogP contribution is -2.47. The zero-order valence-electron chi connectivity index (χ0n) is 18.4. The fraction of sp³-hybridized carbons (Fsp3) is 0.652. The highest BCUT2D eigenvalue weighted by Crippen LogP contribution is 2.40. The number of methoxy groups -OCH3 is 1. The second-order valence-corrected chi connectivity index (χ2v) is 11.2. The van der Waals surface area contributed by atoms with Gasteiger partial charge in [-0.1, -0.05) is 12.8 Å². The molecule has 172 valence electrons. The zero-order chi connectivity index (χ0) is 22.2. The van der Waals surface area contributed by atoms with Gasteiger partial charge in [0.2, 0.25) is 5.91 Å². The number of ether oxygens (including phenoxy) is 1. The van der Waals surface area contributed by atoms with Crippen LogP contribution in [0.2, 0.25) is 0 Å². The zero-order valence-corrected chi connectivity index (χ0v) is 20.0. The summed E-state index contributed by atoms with van der Waals surface area (Å²) in [5.74, 6) is 1.40. The van der Waals surface area contributed by atoms with Crippen molar-refractivity contribution < 1.29 is 14.3 Å². The molecule has 1 N–H and O–H groups in total. The topological polar surface area (TPSA) is 92.4 Å². The van der Waals surface area contributed by atoms with E-state index < -0.39 is 6.04 Å². The van der Waals surface area contributed by atoms with Crippen LogP contribution in [-0.2, 0) is 32.9 Å². The minimum Gasteiger partial charge on any atom is -0.467 e. The normalized spacial score (nSPS) is 24.9. The highest BCUT2D eigenvalue weighted by atomic mass is 32.2. The number of fused-ring (bicyclic) bond motifs is 4. The number of aromatic nitrogens is 2. The molecule has 1 saturated heterocycles. The standard InChI is InChI=1S/C23H29N3O4S2/c1-30-23(29)16-10-13-6-2-4-8-15(13)26(16)19(27)12-31-11-18-24-21(28)20-14-7-3-5-9-17(14)32-22(20)25-18/h13,15-16H,2-12H2,1H3,(H,24,25,28). The summed E-state index contributed by atoms with van der Waals surface area (Å²) in [6.45, 7) is 0. The molecule has 0 bridgehead atoms. The number of nitrogens with one attached hydrogen (secondary N) is 1. The van der Waals surface area contributed by atoms with Crippen LogP contribution in [0.5, 0.6) is 0 Å². The first-order valence-electron chi connectivity index (χ1n) is 11.6. The van der Waals surface area contributed by atoms with Gasteiger partial charge in [0.05, 0.1) is 24.0 Å². The van der Waals surface area contributed by atoms with Crippen LogP contribution in [0.3, 0.4) is 0 Å². The fourth-order valence-electron chi connectivity index (χ4n) is 5.75. The lowest BCUT2D eigenvalue weighted by Gasteiger charge is -2.33. The molecule has 3 atom stereocenters. The Labute approximate surface area is 195 Å². The van der Waals surface area contributed by atoms with Crippen LogP contribution in [0.15, 0.2) is 4.79 Å². The van der Waals surface area contributed by atoms with Gasteiger partial charge in [0.25, 0.3) is 5.56 Å². The highest BCUT2D eigenvalue weighted by Gasteiger charge is 2.47. The van der Waals surface area contributed by atoms with Crippen LogP contribution in [0.25, 0.3) is 10.2 Å². The molecule has 2 aliphatic carbocycles. The van der Waals surface area contributed by atoms with Crippen LogP contribution in [0.4, 0.5) is 0 Å². The summed E-state index contributed by atoms with van der Waals surface area (Å²) in [6, 6.07) is -0.319. The molecule has 5 rings (SSSR count). The lowest BCUT2D eigenvalue weighted by atomic mass is 9.85. The average molecular weight is 476 g/mol. The second kappa shape index (κ2) is 9.17. The van der Waals surface area contributed by atoms with Crippen molar-refractivity contribution in [1.82, 2.24) is 14.9 Å². The predicted molar refractivity (Wildman–Crippen MR) is 126 cm³/mol. The van der Waals surface area contributed by atoms with Gasteiger partial charge in [-0.15, -0.1) is 23.1 Å². The molecule has 1 aliphatic heterocycles. The van der Waals surface area contributed by atoms with E-state index in [0.29, 0.717) is 23.9 Å². The number of aryl methyl sites for hydroxylation is 2. The number of carbonyl (C=O) groups is 2. The molecular weight excluding hydrogens is 446 g/mol. The Kier molecular flexibility index (Phi) is 6.29. The fourth-order valence-corrected chi connectivity index (χ4v) is 7.79. The molecule has 1 amide bonds. The summed E-state index contributed by atoms with van der Waals surface area (Å²) in [4.78, 5) is 49.8. The Bertz CT molecular complexity index is 1090. The van der Waals surface area contributed by atoms with Gasteiger partial charge in [0.1, 0.15) is 16.7 Å². The molecule has 2 aromatic heterocycles. The minimum atomic E-state index is -0.465. The van der Waals surface area contributed by atoms with E-state index in [-0.39, 0.29) is 29.2 Å². The molecule has 2 fully saturated rings. The van der Waals surface area contributed by atoms with Crippen molar-refractivity contribution in [3.8, 4) is 0 Å². The number of aromatic amines is 1. The minimum absolute atomic E-state index is 0.0187. The number of esters is 1. The van der Waals surface area contributed by atoms with Gasteiger partial charge in [-0.25, -0.2) is 9.78 Å². The van der Waals surface area contributed by atoms with Gasteiger partial charge in [0.15, 0.2) is 0 Å². The number of thioether (sulfide) groups is 1. The Morgan fingerprint density at radius 3 is 2.88 bits per heavy atom. The molecule has 0 radical (unpaired) electrons. The van der Waals surface area contributed by atoms with Gasteiger partial charge in [0, 0.05) is 10.9 Å². The summed E-state index contributed by atoms with van der Waals surface area (Å²) >= 11 is 3.08. The molecule has 9 heteroatoms. The molecule has 0 spiro atoms. The average Bonchev–Trinajstić information content (AvgIpc) is 3.37. The number of hydrogen-bond donors (Lipinski definition) is 1. The van der Waals surface area contributed by atoms with Crippen LogP contribution in [0, 0.1) is 5.92 Å². The summed E-state index contributed by atoms with van der Waals surface area (Å²) in [7, 11) is 1.39. The Balaban J connectivity index is 1.27. The number of H-pyrrole nitrogens is 1. The first kappa shape index (κ1) is 21.9. The van der Waals surface area contributed by atoms with E-state index in [9.17, 15) is 14.4 Å². The largest absolute Gasteiger partial charge is 0.467 e. The van der Waals surface area contributed by atoms with E-state index in [2.05, 4.69) is 4.98 Å². The maximum Gasteiger partial charge on any atom is 0.328 e. The van der Waals surface area contributed by atoms with Crippen LogP contribution in [0.1, 0.15) is 61.2 Å². The van der Waals surface area contributed by atoms with Gasteiger partial charge in [-0.3, -0.25) is 9.59 Å². The molecule has 1 saturated carbocycles. The smallest absolute Gasteiger partial charge is 0.328 e. The van der Waals surface area contributed by atoms with Gasteiger partial charge < -0.3 is 14.6 Å². The number of carbonyl (C=O) groups excluding carboxylic acids is 2. The number of rotatable bonds is 5. The number of likely N-dealkylation sites (tertiary alicyclic amines) is 1. The monoisotopic (exact) mass is 475 g/mol. The van der Waals surface area contributed by atoms with Crippen molar-refractivity contribution in [2.75, 3.05) is 12.9 Å². The van der Waals surface area contributed by atoms with Gasteiger partial charge in [-0.2, -0.15) is 0 Å². The Morgan fingerprint density at radius 2 is 2.03 bits per heavy atom. The lowest BCUT2D eigenvalue weighted by molar-refractivity contribution is -0.151. The van der Waals surface area contributed by atoms with Gasteiger partial charge >= 0.3 is 5.97 Å². The third-order valence-corrected chi connectivity index (χ3v) is 9.30. The first-order valence-corrected chi connectivity index (χ1v) is 13.5. The van der Waals surface area contributed by atoms with E-state index >= 15 is 0 Å². The van der Waals surface area contributed by atoms with Crippen molar-refractivity contribution in [2.24, 2.45) is 5.92 Å². The quantitative estimate of drug-likeness (QED) is 0.666. The van der Waals surface area contributed by atoms with E-state index in [0.717, 1.165) is 48.7 Å². The summed E-state index contributed by atoms with van der Waals surface area (Å²) < 4.78 is 4.99. The Hall–Kier alpha value is -1.87. The second-order valence-electron chi connectivity index (χ2n) is 9.08. The summed E-state index contributed by atoms with van der Waals surface area (Å²) in [5, 5.41) is 0.760. The van der Waals surface area contributed by atoms with Crippen LogP contribution < -0.4 is 5.56 Å². The number of nitrogens with zero attached hydrogens (tertiary/aromatic N) is 2. The molecule has 32 heavy (non-hydrogen) atoms. The number of hydrogen-bond acceptors (Lipinski definition) is 7. The van der Waals surface area contributed by atoms with E-state index in [4.69, 9.17) is 9.72 Å². The molecule has 3 unspecified atom stereocenters. The summed E-state index contributed by atoms with van der Waals surface area (Å²) in [6.07, 6.45) is 9.31. The molecular formula is C23H29N3O4S2. The molecule has 0 aromatic carbocycles. The maximum absolute atomic E-state index is 13.1. The van der Waals surface area contributed by atoms with E-state index in [1.165, 1.54) is 42.2 Å². The van der Waals surface area contributed by atoms with E-state index in [1.807, 2.05) is 0 Å². The highest BCUT2D eigenvalue weighted by molar-refractivity contribution is 7.99. The third-order valence-electron chi connectivity index (χ3n) is 7.19. The van der Waals surface area contributed by atoms with Crippen molar-refractivity contribution in [2.45, 2.75) is 75.6 Å². The van der Waals surface area contributed by atoms with Crippen LogP contribution >= 0.6 is 23.1 Å². The molecule has 3 aliphatic rings. The van der Waals surface area contributed by atoms with Crippen molar-refractivity contribution in [1.29, 1.82) is 0 Å². The van der Waals surface area contributed by atoms with E-state index in [1.54, 1.807) is 16.2 Å². The Morgan fingerprint density at radius 1 is 1.22 bits per heavy atom. The van der Waals surface area contributed by atoms with Gasteiger partial charge in [-0.05, 0) is 56.4 Å². The number of amides is 1.